The summed E-state index contributed by atoms with van der Waals surface area (Å²) in [7, 11) is -3.65. The first-order chi connectivity index (χ1) is 8.90. The Morgan fingerprint density at radius 2 is 2.05 bits per heavy atom. The molecule has 0 fully saturated rings. The third-order valence-corrected chi connectivity index (χ3v) is 4.31. The van der Waals surface area contributed by atoms with Crippen LogP contribution in [0.3, 0.4) is 0 Å². The van der Waals surface area contributed by atoms with Crippen LogP contribution >= 0.6 is 15.9 Å². The molecule has 0 aliphatic carbocycles. The minimum absolute atomic E-state index is 0.0918. The molecule has 1 aromatic heterocycles. The van der Waals surface area contributed by atoms with Crippen LogP contribution in [0.25, 0.3) is 0 Å². The largest absolute Gasteiger partial charge is 0.390 e. The van der Waals surface area contributed by atoms with Gasteiger partial charge in [-0.25, -0.2) is 8.42 Å². The quantitative estimate of drug-likeness (QED) is 0.796. The predicted molar refractivity (Wildman–Crippen MR) is 76.4 cm³/mol. The van der Waals surface area contributed by atoms with E-state index in [4.69, 9.17) is 5.11 Å². The molecule has 3 N–H and O–H groups in total. The summed E-state index contributed by atoms with van der Waals surface area (Å²) in [6.07, 6.45) is 1.35. The van der Waals surface area contributed by atoms with Crippen molar-refractivity contribution < 1.29 is 13.5 Å². The summed E-state index contributed by atoms with van der Waals surface area (Å²) in [4.78, 5) is 2.78. The van der Waals surface area contributed by atoms with Gasteiger partial charge in [0.1, 0.15) is 4.90 Å². The number of hydrogen-bond donors (Lipinski definition) is 3. The molecule has 2 rings (SSSR count). The fourth-order valence-corrected chi connectivity index (χ4v) is 3.34. The van der Waals surface area contributed by atoms with Gasteiger partial charge in [0.05, 0.1) is 12.3 Å². The van der Waals surface area contributed by atoms with Crippen molar-refractivity contribution >= 4 is 31.6 Å². The molecular weight excluding hydrogens is 332 g/mol. The normalized spacial score (nSPS) is 11.5. The molecule has 1 aromatic carbocycles. The zero-order valence-corrected chi connectivity index (χ0v) is 12.5. The minimum atomic E-state index is -3.65. The van der Waals surface area contributed by atoms with Gasteiger partial charge in [-0.3, -0.25) is 4.72 Å². The van der Waals surface area contributed by atoms with Gasteiger partial charge in [-0.15, -0.1) is 0 Å². The smallest absolute Gasteiger partial charge is 0.263 e. The molecule has 102 valence electrons. The van der Waals surface area contributed by atoms with Crippen molar-refractivity contribution in [1.29, 1.82) is 0 Å². The summed E-state index contributed by atoms with van der Waals surface area (Å²) in [6, 6.07) is 6.71. The van der Waals surface area contributed by atoms with E-state index in [9.17, 15) is 8.42 Å². The molecular formula is C12H13BrN2O3S. The maximum atomic E-state index is 12.1. The molecule has 0 bridgehead atoms. The number of aryl methyl sites for hydroxylation is 1. The van der Waals surface area contributed by atoms with Crippen LogP contribution in [-0.2, 0) is 16.6 Å². The Labute approximate surface area is 119 Å². The van der Waals surface area contributed by atoms with Crippen molar-refractivity contribution in [2.24, 2.45) is 0 Å². The maximum absolute atomic E-state index is 12.1. The molecule has 0 aliphatic rings. The summed E-state index contributed by atoms with van der Waals surface area (Å²) in [6.45, 7) is 1.65. The summed E-state index contributed by atoms with van der Waals surface area (Å²) in [5.41, 5.74) is 1.88. The monoisotopic (exact) mass is 344 g/mol. The fraction of sp³-hybridized carbons (Fsp3) is 0.167. The van der Waals surface area contributed by atoms with Crippen LogP contribution < -0.4 is 4.72 Å². The van der Waals surface area contributed by atoms with Gasteiger partial charge in [0, 0.05) is 16.4 Å². The van der Waals surface area contributed by atoms with Gasteiger partial charge >= 0.3 is 0 Å². The lowest BCUT2D eigenvalue weighted by atomic mass is 10.2. The second-order valence-corrected chi connectivity index (χ2v) is 6.74. The SMILES string of the molecule is Cc1cc(Br)cc(NS(=O)(=O)c2c[nH]c(CO)c2)c1. The number of aromatic nitrogens is 1. The first-order valence-corrected chi connectivity index (χ1v) is 7.76. The molecule has 0 saturated carbocycles. The zero-order valence-electron chi connectivity index (χ0n) is 10.1. The number of nitrogens with one attached hydrogen (secondary N) is 2. The first kappa shape index (κ1) is 14.1. The first-order valence-electron chi connectivity index (χ1n) is 5.49. The average molecular weight is 345 g/mol. The lowest BCUT2D eigenvalue weighted by molar-refractivity contribution is 0.277. The van der Waals surface area contributed by atoms with Crippen LogP contribution in [0.2, 0.25) is 0 Å². The number of aromatic amines is 1. The standard InChI is InChI=1S/C12H13BrN2O3S/c1-8-2-9(13)4-10(3-8)15-19(17,18)12-5-11(7-16)14-6-12/h2-6,14-16H,7H2,1H3. The Kier molecular flexibility index (Phi) is 3.98. The average Bonchev–Trinajstić information content (AvgIpc) is 2.75. The predicted octanol–water partition coefficient (Wildman–Crippen LogP) is 2.38. The van der Waals surface area contributed by atoms with E-state index in [1.165, 1.54) is 12.3 Å². The number of aliphatic hydroxyl groups is 1. The third-order valence-electron chi connectivity index (χ3n) is 2.49. The van der Waals surface area contributed by atoms with Gasteiger partial charge in [-0.2, -0.15) is 0 Å². The van der Waals surface area contributed by atoms with Gasteiger partial charge in [-0.05, 0) is 36.8 Å². The number of aliphatic hydroxyl groups excluding tert-OH is 1. The summed E-state index contributed by atoms with van der Waals surface area (Å²) in [5, 5.41) is 8.93. The van der Waals surface area contributed by atoms with Crippen LogP contribution in [-0.4, -0.2) is 18.5 Å². The number of sulfonamides is 1. The van der Waals surface area contributed by atoms with E-state index in [1.807, 2.05) is 13.0 Å². The van der Waals surface area contributed by atoms with E-state index >= 15 is 0 Å². The van der Waals surface area contributed by atoms with E-state index in [1.54, 1.807) is 12.1 Å². The Hall–Kier alpha value is -1.31. The molecule has 0 saturated heterocycles. The summed E-state index contributed by atoms with van der Waals surface area (Å²) >= 11 is 3.32. The topological polar surface area (TPSA) is 82.2 Å². The van der Waals surface area contributed by atoms with Crippen molar-refractivity contribution in [3.63, 3.8) is 0 Å². The van der Waals surface area contributed by atoms with Crippen LogP contribution in [0, 0.1) is 6.92 Å². The van der Waals surface area contributed by atoms with Gasteiger partial charge in [-0.1, -0.05) is 15.9 Å². The molecule has 5 nitrogen and oxygen atoms in total. The Morgan fingerprint density at radius 3 is 2.63 bits per heavy atom. The number of halogens is 1. The number of H-pyrrole nitrogens is 1. The highest BCUT2D eigenvalue weighted by molar-refractivity contribution is 9.10. The van der Waals surface area contributed by atoms with Gasteiger partial charge in [0.15, 0.2) is 0 Å². The highest BCUT2D eigenvalue weighted by atomic mass is 79.9. The number of rotatable bonds is 4. The van der Waals surface area contributed by atoms with Crippen molar-refractivity contribution in [1.82, 2.24) is 4.98 Å². The lowest BCUT2D eigenvalue weighted by Crippen LogP contribution is -2.12. The van der Waals surface area contributed by atoms with Crippen LogP contribution in [0.4, 0.5) is 5.69 Å². The number of benzene rings is 1. The molecule has 0 radical (unpaired) electrons. The zero-order chi connectivity index (χ0) is 14.0. The van der Waals surface area contributed by atoms with Crippen molar-refractivity contribution in [3.8, 4) is 0 Å². The Bertz CT molecular complexity index is 675. The molecule has 7 heteroatoms. The molecule has 0 aliphatic heterocycles. The number of hydrogen-bond acceptors (Lipinski definition) is 3. The van der Waals surface area contributed by atoms with Gasteiger partial charge in [0.2, 0.25) is 0 Å². The minimum Gasteiger partial charge on any atom is -0.390 e. The van der Waals surface area contributed by atoms with E-state index in [0.717, 1.165) is 10.0 Å². The Balaban J connectivity index is 2.30. The molecule has 1 heterocycles. The fourth-order valence-electron chi connectivity index (χ4n) is 1.67. The highest BCUT2D eigenvalue weighted by Crippen LogP contribution is 2.22. The second kappa shape index (κ2) is 5.36. The molecule has 0 atom stereocenters. The van der Waals surface area contributed by atoms with E-state index in [-0.39, 0.29) is 11.5 Å². The number of anilines is 1. The van der Waals surface area contributed by atoms with Crippen molar-refractivity contribution in [3.05, 3.63) is 46.2 Å². The van der Waals surface area contributed by atoms with E-state index in [2.05, 4.69) is 25.6 Å². The van der Waals surface area contributed by atoms with Crippen LogP contribution in [0.5, 0.6) is 0 Å². The second-order valence-electron chi connectivity index (χ2n) is 4.14. The molecule has 0 spiro atoms. The molecule has 0 amide bonds. The van der Waals surface area contributed by atoms with E-state index < -0.39 is 10.0 Å². The maximum Gasteiger partial charge on any atom is 0.263 e. The molecule has 0 unspecified atom stereocenters. The van der Waals surface area contributed by atoms with Crippen LogP contribution in [0.1, 0.15) is 11.3 Å². The van der Waals surface area contributed by atoms with E-state index in [0.29, 0.717) is 11.4 Å². The summed E-state index contributed by atoms with van der Waals surface area (Å²) < 4.78 is 27.5. The highest BCUT2D eigenvalue weighted by Gasteiger charge is 2.16. The third kappa shape index (κ3) is 3.37. The van der Waals surface area contributed by atoms with Crippen molar-refractivity contribution in [2.75, 3.05) is 4.72 Å². The summed E-state index contributed by atoms with van der Waals surface area (Å²) in [5.74, 6) is 0. The van der Waals surface area contributed by atoms with Crippen LogP contribution in [0.15, 0.2) is 39.8 Å². The molecule has 19 heavy (non-hydrogen) atoms. The Morgan fingerprint density at radius 1 is 1.32 bits per heavy atom. The lowest BCUT2D eigenvalue weighted by Gasteiger charge is -2.07. The molecule has 2 aromatic rings. The van der Waals surface area contributed by atoms with Gasteiger partial charge in [0.25, 0.3) is 10.0 Å². The van der Waals surface area contributed by atoms with Gasteiger partial charge < -0.3 is 10.1 Å². The van der Waals surface area contributed by atoms with Crippen molar-refractivity contribution in [2.45, 2.75) is 18.4 Å².